The summed E-state index contributed by atoms with van der Waals surface area (Å²) in [5, 5.41) is 12.3. The van der Waals surface area contributed by atoms with Crippen molar-refractivity contribution >= 4 is 23.6 Å². The molecule has 10 heteroatoms. The summed E-state index contributed by atoms with van der Waals surface area (Å²) in [4.78, 5) is 15.0. The number of thioether (sulfide) groups is 1. The van der Waals surface area contributed by atoms with Crippen molar-refractivity contribution in [2.24, 2.45) is 0 Å². The lowest BCUT2D eigenvalue weighted by Gasteiger charge is -2.28. The molecule has 1 N–H and O–H groups in total. The Kier molecular flexibility index (Phi) is 6.87. The van der Waals surface area contributed by atoms with Gasteiger partial charge in [0, 0.05) is 19.6 Å². The van der Waals surface area contributed by atoms with Crippen LogP contribution in [0.2, 0.25) is 0 Å². The molecule has 2 aliphatic rings. The predicted molar refractivity (Wildman–Crippen MR) is 128 cm³/mol. The molecule has 0 aliphatic carbocycles. The first-order chi connectivity index (χ1) is 16.7. The normalized spacial score (nSPS) is 15.9. The van der Waals surface area contributed by atoms with E-state index in [9.17, 15) is 4.79 Å². The highest BCUT2D eigenvalue weighted by Crippen LogP contribution is 2.32. The van der Waals surface area contributed by atoms with E-state index in [0.717, 1.165) is 41.1 Å². The molecule has 2 aromatic carbocycles. The average Bonchev–Trinajstić information content (AvgIpc) is 3.50. The van der Waals surface area contributed by atoms with Crippen LogP contribution in [0.15, 0.2) is 53.7 Å². The van der Waals surface area contributed by atoms with Crippen molar-refractivity contribution < 1.29 is 19.0 Å². The maximum atomic E-state index is 12.9. The van der Waals surface area contributed by atoms with Gasteiger partial charge in [0.1, 0.15) is 0 Å². The molecule has 178 valence electrons. The first-order valence-corrected chi connectivity index (χ1v) is 12.2. The molecule has 1 unspecified atom stereocenters. The number of amides is 1. The molecule has 1 aromatic heterocycles. The molecule has 1 saturated heterocycles. The second-order valence-corrected chi connectivity index (χ2v) is 9.43. The minimum Gasteiger partial charge on any atom is -0.454 e. The summed E-state index contributed by atoms with van der Waals surface area (Å²) >= 11 is 1.41. The Balaban J connectivity index is 1.27. The zero-order chi connectivity index (χ0) is 23.3. The zero-order valence-corrected chi connectivity index (χ0v) is 19.8. The quantitative estimate of drug-likeness (QED) is 0.491. The molecule has 1 atom stereocenters. The molecule has 1 fully saturated rings. The lowest BCUT2D eigenvalue weighted by Crippen LogP contribution is -2.38. The van der Waals surface area contributed by atoms with E-state index < -0.39 is 0 Å². The average molecular weight is 482 g/mol. The fourth-order valence-corrected chi connectivity index (χ4v) is 4.73. The van der Waals surface area contributed by atoms with E-state index in [-0.39, 0.29) is 18.0 Å². The number of nitrogens with one attached hydrogen (secondary N) is 1. The maximum Gasteiger partial charge on any atom is 0.233 e. The van der Waals surface area contributed by atoms with Crippen LogP contribution < -0.4 is 19.7 Å². The first kappa shape index (κ1) is 22.5. The zero-order valence-electron chi connectivity index (χ0n) is 19.0. The number of fused-ring (bicyclic) bond motifs is 1. The molecule has 0 radical (unpaired) electrons. The number of anilines is 1. The topological polar surface area (TPSA) is 90.7 Å². The van der Waals surface area contributed by atoms with Gasteiger partial charge < -0.3 is 24.4 Å². The largest absolute Gasteiger partial charge is 0.454 e. The number of carbonyl (C=O) groups excluding carboxylic acids is 1. The van der Waals surface area contributed by atoms with Gasteiger partial charge in [-0.25, -0.2) is 0 Å². The molecular formula is C24H27N5O4S. The summed E-state index contributed by atoms with van der Waals surface area (Å²) in [5.41, 5.74) is 2.11. The number of ether oxygens (including phenoxy) is 3. The van der Waals surface area contributed by atoms with Crippen LogP contribution in [0, 0.1) is 0 Å². The number of hydrogen-bond donors (Lipinski definition) is 1. The fraction of sp³-hybridized carbons (Fsp3) is 0.375. The minimum absolute atomic E-state index is 0.0650. The highest BCUT2D eigenvalue weighted by atomic mass is 32.2. The number of nitrogens with zero attached hydrogens (tertiary/aromatic N) is 4. The van der Waals surface area contributed by atoms with Gasteiger partial charge in [0.15, 0.2) is 16.7 Å². The van der Waals surface area contributed by atoms with E-state index in [1.807, 2.05) is 43.3 Å². The van der Waals surface area contributed by atoms with Crippen LogP contribution in [0.4, 0.5) is 5.95 Å². The number of benzene rings is 2. The van der Waals surface area contributed by atoms with Crippen molar-refractivity contribution in [1.82, 2.24) is 20.1 Å². The lowest BCUT2D eigenvalue weighted by atomic mass is 10.2. The molecule has 1 amide bonds. The van der Waals surface area contributed by atoms with Crippen molar-refractivity contribution in [2.75, 3.05) is 38.0 Å². The van der Waals surface area contributed by atoms with Crippen LogP contribution in [-0.4, -0.2) is 59.0 Å². The van der Waals surface area contributed by atoms with Crippen LogP contribution in [0.1, 0.15) is 18.1 Å². The molecule has 0 spiro atoms. The second-order valence-electron chi connectivity index (χ2n) is 8.12. The predicted octanol–water partition coefficient (Wildman–Crippen LogP) is 2.69. The molecular weight excluding hydrogens is 454 g/mol. The number of morpholine rings is 1. The Bertz CT molecular complexity index is 1130. The van der Waals surface area contributed by atoms with Gasteiger partial charge in [0.05, 0.1) is 25.0 Å². The van der Waals surface area contributed by atoms with Crippen molar-refractivity contribution in [3.63, 3.8) is 0 Å². The Hall–Kier alpha value is -3.24. The van der Waals surface area contributed by atoms with E-state index in [1.54, 1.807) is 0 Å². The highest BCUT2D eigenvalue weighted by Gasteiger charge is 2.24. The molecule has 5 rings (SSSR count). The van der Waals surface area contributed by atoms with Crippen LogP contribution in [0.25, 0.3) is 0 Å². The molecule has 3 heterocycles. The van der Waals surface area contributed by atoms with Gasteiger partial charge in [0.2, 0.25) is 18.6 Å². The molecule has 34 heavy (non-hydrogen) atoms. The Labute approximate surface area is 202 Å². The first-order valence-electron chi connectivity index (χ1n) is 11.3. The van der Waals surface area contributed by atoms with Gasteiger partial charge in [-0.05, 0) is 30.2 Å². The van der Waals surface area contributed by atoms with E-state index in [2.05, 4.69) is 37.1 Å². The molecule has 0 bridgehead atoms. The summed E-state index contributed by atoms with van der Waals surface area (Å²) in [6.07, 6.45) is 0. The summed E-state index contributed by atoms with van der Waals surface area (Å²) in [6.45, 7) is 6.03. The van der Waals surface area contributed by atoms with Gasteiger partial charge in [-0.15, -0.1) is 10.2 Å². The van der Waals surface area contributed by atoms with Crippen molar-refractivity contribution in [3.8, 4) is 11.5 Å². The van der Waals surface area contributed by atoms with E-state index in [1.165, 1.54) is 11.8 Å². The number of hydrogen-bond acceptors (Lipinski definition) is 8. The summed E-state index contributed by atoms with van der Waals surface area (Å²) in [6, 6.07) is 15.9. The highest BCUT2D eigenvalue weighted by molar-refractivity contribution is 8.00. The summed E-state index contributed by atoms with van der Waals surface area (Å²) in [7, 11) is 0. The molecule has 3 aromatic rings. The van der Waals surface area contributed by atoms with Gasteiger partial charge in [-0.3, -0.25) is 9.36 Å². The third-order valence-corrected chi connectivity index (χ3v) is 6.81. The number of carbonyl (C=O) groups is 1. The molecule has 9 nitrogen and oxygen atoms in total. The monoisotopic (exact) mass is 481 g/mol. The van der Waals surface area contributed by atoms with E-state index in [0.29, 0.717) is 32.1 Å². The Morgan fingerprint density at radius 1 is 1.06 bits per heavy atom. The maximum absolute atomic E-state index is 12.9. The van der Waals surface area contributed by atoms with Gasteiger partial charge in [-0.1, -0.05) is 48.2 Å². The van der Waals surface area contributed by atoms with E-state index >= 15 is 0 Å². The smallest absolute Gasteiger partial charge is 0.233 e. The van der Waals surface area contributed by atoms with Crippen molar-refractivity contribution in [2.45, 2.75) is 30.4 Å². The van der Waals surface area contributed by atoms with Crippen molar-refractivity contribution in [3.05, 3.63) is 59.7 Å². The fourth-order valence-electron chi connectivity index (χ4n) is 3.87. The lowest BCUT2D eigenvalue weighted by molar-refractivity contribution is -0.120. The summed E-state index contributed by atoms with van der Waals surface area (Å²) < 4.78 is 18.4. The Morgan fingerprint density at radius 2 is 1.85 bits per heavy atom. The van der Waals surface area contributed by atoms with Crippen molar-refractivity contribution in [1.29, 1.82) is 0 Å². The van der Waals surface area contributed by atoms with Gasteiger partial charge in [-0.2, -0.15) is 0 Å². The second kappa shape index (κ2) is 10.4. The number of aromatic nitrogens is 3. The third-order valence-electron chi connectivity index (χ3n) is 5.73. The minimum atomic E-state index is -0.342. The Morgan fingerprint density at radius 3 is 2.68 bits per heavy atom. The molecule has 0 saturated carbocycles. The van der Waals surface area contributed by atoms with Crippen LogP contribution in [0.5, 0.6) is 11.5 Å². The van der Waals surface area contributed by atoms with Crippen LogP contribution in [-0.2, 0) is 22.6 Å². The standard InChI is InChI=1S/C24H27N5O4S/c1-17(22(30)25-14-19-7-8-20-21(13-19)33-16-32-20)34-24-27-26-23(28-9-11-31-12-10-28)29(24)15-18-5-3-2-4-6-18/h2-8,13,17H,9-12,14-16H2,1H3,(H,25,30). The molecule has 2 aliphatic heterocycles. The SMILES string of the molecule is CC(Sc1nnc(N2CCOCC2)n1Cc1ccccc1)C(=O)NCc1ccc2c(c1)OCO2. The van der Waals surface area contributed by atoms with Crippen LogP contribution >= 0.6 is 11.8 Å². The third kappa shape index (κ3) is 5.13. The van der Waals surface area contributed by atoms with Gasteiger partial charge >= 0.3 is 0 Å². The summed E-state index contributed by atoms with van der Waals surface area (Å²) in [5.74, 6) is 2.18. The van der Waals surface area contributed by atoms with Gasteiger partial charge in [0.25, 0.3) is 0 Å². The van der Waals surface area contributed by atoms with Crippen LogP contribution in [0.3, 0.4) is 0 Å². The number of rotatable bonds is 8. The van der Waals surface area contributed by atoms with E-state index in [4.69, 9.17) is 14.2 Å².